The zero-order valence-electron chi connectivity index (χ0n) is 17.1. The van der Waals surface area contributed by atoms with E-state index in [0.717, 1.165) is 23.7 Å². The number of hydrogen-bond acceptors (Lipinski definition) is 3. The van der Waals surface area contributed by atoms with Gasteiger partial charge in [-0.2, -0.15) is 23.5 Å². The molecule has 0 amide bonds. The Morgan fingerprint density at radius 2 is 1.40 bits per heavy atom. The highest BCUT2D eigenvalue weighted by molar-refractivity contribution is 7.99. The first-order valence-electron chi connectivity index (χ1n) is 9.84. The van der Waals surface area contributed by atoms with Crippen molar-refractivity contribution in [1.29, 1.82) is 0 Å². The van der Waals surface area contributed by atoms with Crippen molar-refractivity contribution in [3.8, 4) is 0 Å². The van der Waals surface area contributed by atoms with Crippen molar-refractivity contribution in [3.63, 3.8) is 0 Å². The van der Waals surface area contributed by atoms with Crippen LogP contribution in [0.25, 0.3) is 0 Å². The van der Waals surface area contributed by atoms with Gasteiger partial charge in [0.1, 0.15) is 0 Å². The number of aliphatic carboxylic acids is 1. The van der Waals surface area contributed by atoms with Crippen molar-refractivity contribution < 1.29 is 9.90 Å². The summed E-state index contributed by atoms with van der Waals surface area (Å²) in [7, 11) is 24.5. The third kappa shape index (κ3) is 8.55. The standard InChI is InChI=1S/C22H24B4O2S2/c23-21(24,22(25,26)14-20(27)28)13-19(30-16-18-9-5-2-6-10-18)11-12-29-15-17-7-3-1-4-8-17/h1-10,19H,11-16H2,(H,27,28). The largest absolute Gasteiger partial charge is 0.481 e. The van der Waals surface area contributed by atoms with E-state index in [4.69, 9.17) is 36.5 Å². The van der Waals surface area contributed by atoms with E-state index < -0.39 is 22.8 Å². The zero-order chi connectivity index (χ0) is 22.0. The Hall–Kier alpha value is -1.13. The van der Waals surface area contributed by atoms with Gasteiger partial charge in [0.2, 0.25) is 0 Å². The lowest BCUT2D eigenvalue weighted by Crippen LogP contribution is -2.36. The summed E-state index contributed by atoms with van der Waals surface area (Å²) in [6, 6.07) is 20.5. The van der Waals surface area contributed by atoms with Gasteiger partial charge in [0.05, 0.1) is 31.4 Å². The molecule has 2 nitrogen and oxygen atoms in total. The second-order valence-electron chi connectivity index (χ2n) is 7.60. The first kappa shape index (κ1) is 25.1. The van der Waals surface area contributed by atoms with Gasteiger partial charge in [-0.1, -0.05) is 72.3 Å². The molecule has 0 heterocycles. The zero-order valence-corrected chi connectivity index (χ0v) is 18.7. The fraction of sp³-hybridized carbons (Fsp3) is 0.409. The first-order valence-corrected chi connectivity index (χ1v) is 12.0. The van der Waals surface area contributed by atoms with E-state index in [-0.39, 0.29) is 5.25 Å². The van der Waals surface area contributed by atoms with Gasteiger partial charge in [0, 0.05) is 23.2 Å². The lowest BCUT2D eigenvalue weighted by Gasteiger charge is -2.45. The normalized spacial score (nSPS) is 13.1. The third-order valence-corrected chi connectivity index (χ3v) is 7.34. The molecule has 8 heteroatoms. The van der Waals surface area contributed by atoms with E-state index in [0.29, 0.717) is 6.42 Å². The molecule has 2 aromatic carbocycles. The minimum atomic E-state index is -1.69. The summed E-state index contributed by atoms with van der Waals surface area (Å²) in [5, 5.41) is 6.01. The summed E-state index contributed by atoms with van der Waals surface area (Å²) in [4.78, 5) is 11.1. The van der Waals surface area contributed by atoms with Crippen LogP contribution >= 0.6 is 23.5 Å². The average Bonchev–Trinajstić information content (AvgIpc) is 2.69. The Labute approximate surface area is 194 Å². The smallest absolute Gasteiger partial charge is 0.302 e. The third-order valence-electron chi connectivity index (χ3n) is 4.90. The fourth-order valence-corrected chi connectivity index (χ4v) is 5.46. The van der Waals surface area contributed by atoms with Crippen LogP contribution in [0.3, 0.4) is 0 Å². The summed E-state index contributed by atoms with van der Waals surface area (Å²) >= 11 is 3.60. The number of thioether (sulfide) groups is 2. The van der Waals surface area contributed by atoms with Gasteiger partial charge in [-0.05, 0) is 23.3 Å². The van der Waals surface area contributed by atoms with Gasteiger partial charge in [-0.3, -0.25) is 4.79 Å². The van der Waals surface area contributed by atoms with Crippen LogP contribution in [0.5, 0.6) is 0 Å². The van der Waals surface area contributed by atoms with Crippen LogP contribution in [-0.2, 0) is 16.3 Å². The maximum absolute atomic E-state index is 11.1. The Bertz CT molecular complexity index is 773. The van der Waals surface area contributed by atoms with Crippen molar-refractivity contribution in [2.45, 2.75) is 46.4 Å². The van der Waals surface area contributed by atoms with Crippen LogP contribution < -0.4 is 0 Å². The molecule has 0 saturated carbocycles. The molecular weight excluding hydrogens is 404 g/mol. The molecule has 0 spiro atoms. The van der Waals surface area contributed by atoms with Crippen molar-refractivity contribution in [1.82, 2.24) is 0 Å². The van der Waals surface area contributed by atoms with Gasteiger partial charge in [0.25, 0.3) is 0 Å². The summed E-state index contributed by atoms with van der Waals surface area (Å²) in [6.07, 6.45) is 0.712. The van der Waals surface area contributed by atoms with E-state index in [9.17, 15) is 4.79 Å². The van der Waals surface area contributed by atoms with E-state index in [1.165, 1.54) is 11.1 Å². The number of carbonyl (C=O) groups is 1. The lowest BCUT2D eigenvalue weighted by atomic mass is 9.28. The summed E-state index contributed by atoms with van der Waals surface area (Å²) in [6.45, 7) is 0. The van der Waals surface area contributed by atoms with Gasteiger partial charge in [0.15, 0.2) is 0 Å². The fourth-order valence-electron chi connectivity index (χ4n) is 2.99. The number of hydrogen-bond donors (Lipinski definition) is 1. The first-order chi connectivity index (χ1) is 14.2. The maximum atomic E-state index is 11.1. The highest BCUT2D eigenvalue weighted by atomic mass is 32.2. The topological polar surface area (TPSA) is 37.3 Å². The highest BCUT2D eigenvalue weighted by Crippen LogP contribution is 2.50. The Morgan fingerprint density at radius 3 is 1.93 bits per heavy atom. The van der Waals surface area contributed by atoms with Crippen molar-refractivity contribution >= 4 is 60.9 Å². The molecule has 1 atom stereocenters. The molecule has 0 bridgehead atoms. The molecule has 148 valence electrons. The van der Waals surface area contributed by atoms with E-state index in [1.807, 2.05) is 48.2 Å². The van der Waals surface area contributed by atoms with E-state index >= 15 is 0 Å². The molecule has 0 saturated heterocycles. The Morgan fingerprint density at radius 1 is 0.867 bits per heavy atom. The van der Waals surface area contributed by atoms with Gasteiger partial charge in [-0.25, -0.2) is 0 Å². The number of carboxylic acids is 1. The lowest BCUT2D eigenvalue weighted by molar-refractivity contribution is -0.137. The van der Waals surface area contributed by atoms with Crippen molar-refractivity contribution in [2.75, 3.05) is 5.75 Å². The number of carboxylic acid groups (broad SMARTS) is 1. The second-order valence-corrected chi connectivity index (χ2v) is 9.99. The van der Waals surface area contributed by atoms with Crippen LogP contribution in [0, 0.1) is 0 Å². The molecule has 8 radical (unpaired) electrons. The molecule has 0 fully saturated rings. The average molecular weight is 428 g/mol. The number of rotatable bonds is 13. The van der Waals surface area contributed by atoms with Crippen LogP contribution in [0.4, 0.5) is 0 Å². The van der Waals surface area contributed by atoms with Crippen LogP contribution in [0.15, 0.2) is 60.7 Å². The molecule has 2 rings (SSSR count). The predicted octanol–water partition coefficient (Wildman–Crippen LogP) is 4.38. The molecule has 2 aromatic rings. The summed E-state index contributed by atoms with van der Waals surface area (Å²) in [5.74, 6) is 1.56. The van der Waals surface area contributed by atoms with E-state index in [2.05, 4.69) is 24.3 Å². The summed E-state index contributed by atoms with van der Waals surface area (Å²) < 4.78 is 0. The SMILES string of the molecule is [B]C([B])(CC(=O)O)C([B])([B])CC(CCSCc1ccccc1)SCc1ccccc1. The number of benzene rings is 2. The molecule has 1 unspecified atom stereocenters. The highest BCUT2D eigenvalue weighted by Gasteiger charge is 2.38. The molecule has 1 N–H and O–H groups in total. The maximum Gasteiger partial charge on any atom is 0.302 e. The van der Waals surface area contributed by atoms with Crippen LogP contribution in [0.2, 0.25) is 10.4 Å². The van der Waals surface area contributed by atoms with Crippen LogP contribution in [0.1, 0.15) is 30.4 Å². The van der Waals surface area contributed by atoms with Gasteiger partial charge >= 0.3 is 5.97 Å². The molecule has 0 aliphatic rings. The molecule has 0 aliphatic carbocycles. The quantitative estimate of drug-likeness (QED) is 0.380. The Kier molecular flexibility index (Phi) is 10.1. The van der Waals surface area contributed by atoms with Crippen LogP contribution in [-0.4, -0.2) is 53.5 Å². The molecule has 30 heavy (non-hydrogen) atoms. The van der Waals surface area contributed by atoms with Crippen molar-refractivity contribution in [3.05, 3.63) is 71.8 Å². The van der Waals surface area contributed by atoms with Gasteiger partial charge in [-0.15, -0.1) is 5.21 Å². The molecule has 0 aliphatic heterocycles. The van der Waals surface area contributed by atoms with Crippen molar-refractivity contribution in [2.24, 2.45) is 0 Å². The monoisotopic (exact) mass is 428 g/mol. The predicted molar refractivity (Wildman–Crippen MR) is 134 cm³/mol. The Balaban J connectivity index is 1.97. The minimum Gasteiger partial charge on any atom is -0.481 e. The summed E-state index contributed by atoms with van der Waals surface area (Å²) in [5.41, 5.74) is 2.49. The minimum absolute atomic E-state index is 0.101. The molecule has 0 aromatic heterocycles. The van der Waals surface area contributed by atoms with Gasteiger partial charge < -0.3 is 5.11 Å². The van der Waals surface area contributed by atoms with E-state index in [1.54, 1.807) is 11.8 Å². The molecular formula is C22H24B4O2S2. The second kappa shape index (κ2) is 12.0.